The first-order chi connectivity index (χ1) is 19.2. The number of ether oxygens (including phenoxy) is 2. The maximum Gasteiger partial charge on any atom is 0.250 e. The van der Waals surface area contributed by atoms with Crippen LogP contribution in [0.3, 0.4) is 0 Å². The normalized spacial score (nSPS) is 29.3. The standard InChI is InChI=1S/C29H33BrClN3O6/c1-4-17(14-35)34-25(27(37)33-23-15(3)7-6-8-20(23)31)29-13-19(30)24(40-29)21(22(29)28(34)38)26(36)32-16-9-11-18(12-10-16)39-5-2/h6-12,17,19,21-22,24-25,35H,4-5,13-14H2,1-3H3,(H,32,36)(H,33,37)/t17-,19?,21-,22-,24-,25?,29?/m0/s1. The minimum Gasteiger partial charge on any atom is -0.494 e. The Morgan fingerprint density at radius 3 is 2.55 bits per heavy atom. The monoisotopic (exact) mass is 633 g/mol. The number of amides is 3. The number of alkyl halides is 1. The predicted molar refractivity (Wildman–Crippen MR) is 155 cm³/mol. The Hall–Kier alpha value is -2.66. The molecule has 3 heterocycles. The van der Waals surface area contributed by atoms with Crippen LogP contribution >= 0.6 is 27.5 Å². The molecule has 3 aliphatic heterocycles. The number of carbonyl (C=O) groups excluding carboxylic acids is 3. The van der Waals surface area contributed by atoms with Crippen molar-refractivity contribution in [2.45, 2.75) is 62.2 Å². The molecule has 0 saturated carbocycles. The molecule has 9 nitrogen and oxygen atoms in total. The molecule has 0 radical (unpaired) electrons. The zero-order valence-electron chi connectivity index (χ0n) is 22.5. The van der Waals surface area contributed by atoms with Crippen LogP contribution in [0.1, 0.15) is 32.3 Å². The van der Waals surface area contributed by atoms with Crippen LogP contribution in [0.4, 0.5) is 11.4 Å². The van der Waals surface area contributed by atoms with Gasteiger partial charge in [0.2, 0.25) is 17.7 Å². The third-order valence-corrected chi connectivity index (χ3v) is 9.42. The first kappa shape index (κ1) is 28.9. The molecule has 3 unspecified atom stereocenters. The van der Waals surface area contributed by atoms with Gasteiger partial charge in [0.1, 0.15) is 17.4 Å². The number of aliphatic hydroxyl groups is 1. The van der Waals surface area contributed by atoms with Gasteiger partial charge >= 0.3 is 0 Å². The van der Waals surface area contributed by atoms with E-state index in [1.807, 2.05) is 26.8 Å². The number of para-hydroxylation sites is 1. The summed E-state index contributed by atoms with van der Waals surface area (Å²) in [6.07, 6.45) is 0.175. The summed E-state index contributed by atoms with van der Waals surface area (Å²) in [5, 5.41) is 16.4. The van der Waals surface area contributed by atoms with E-state index in [1.165, 1.54) is 4.90 Å². The van der Waals surface area contributed by atoms with Crippen LogP contribution in [0.5, 0.6) is 5.75 Å². The fourth-order valence-electron chi connectivity index (χ4n) is 6.48. The van der Waals surface area contributed by atoms with Crippen molar-refractivity contribution in [1.82, 2.24) is 4.90 Å². The minimum atomic E-state index is -1.25. The predicted octanol–water partition coefficient (Wildman–Crippen LogP) is 4.14. The Kier molecular flexibility index (Phi) is 8.16. The molecule has 3 fully saturated rings. The zero-order valence-corrected chi connectivity index (χ0v) is 24.9. The number of aliphatic hydroxyl groups excluding tert-OH is 1. The van der Waals surface area contributed by atoms with E-state index >= 15 is 0 Å². The molecule has 0 aliphatic carbocycles. The van der Waals surface area contributed by atoms with Crippen molar-refractivity contribution in [3.05, 3.63) is 53.1 Å². The molecule has 3 aliphatic rings. The summed E-state index contributed by atoms with van der Waals surface area (Å²) in [4.78, 5) is 43.1. The lowest BCUT2D eigenvalue weighted by atomic mass is 9.70. The molecule has 3 N–H and O–H groups in total. The lowest BCUT2D eigenvalue weighted by molar-refractivity contribution is -0.143. The minimum absolute atomic E-state index is 0.251. The molecule has 5 rings (SSSR count). The van der Waals surface area contributed by atoms with Crippen LogP contribution in [0.2, 0.25) is 5.02 Å². The van der Waals surface area contributed by atoms with Crippen LogP contribution in [0.25, 0.3) is 0 Å². The van der Waals surface area contributed by atoms with Gasteiger partial charge in [0.05, 0.1) is 47.9 Å². The van der Waals surface area contributed by atoms with Gasteiger partial charge in [-0.1, -0.05) is 46.6 Å². The number of fused-ring (bicyclic) bond motifs is 1. The third kappa shape index (κ3) is 4.68. The maximum atomic E-state index is 14.1. The van der Waals surface area contributed by atoms with Crippen molar-refractivity contribution >= 4 is 56.6 Å². The third-order valence-electron chi connectivity index (χ3n) is 8.26. The summed E-state index contributed by atoms with van der Waals surface area (Å²) in [5.74, 6) is -2.24. The summed E-state index contributed by atoms with van der Waals surface area (Å²) < 4.78 is 12.0. The van der Waals surface area contributed by atoms with E-state index < -0.39 is 41.5 Å². The number of hydrogen-bond donors (Lipinski definition) is 3. The molecule has 0 aromatic heterocycles. The second-order valence-corrected chi connectivity index (χ2v) is 12.1. The Bertz CT molecular complexity index is 1280. The molecule has 3 amide bonds. The van der Waals surface area contributed by atoms with E-state index in [4.69, 9.17) is 21.1 Å². The van der Waals surface area contributed by atoms with Gasteiger partial charge in [-0.25, -0.2) is 0 Å². The molecular formula is C29H33BrClN3O6. The van der Waals surface area contributed by atoms with E-state index in [0.29, 0.717) is 41.6 Å². The van der Waals surface area contributed by atoms with Crippen LogP contribution in [0, 0.1) is 18.8 Å². The van der Waals surface area contributed by atoms with Crippen LogP contribution in [0.15, 0.2) is 42.5 Å². The quantitative estimate of drug-likeness (QED) is 0.357. The lowest BCUT2D eigenvalue weighted by Crippen LogP contribution is -2.56. The molecule has 40 heavy (non-hydrogen) atoms. The number of aryl methyl sites for hydroxylation is 1. The van der Waals surface area contributed by atoms with E-state index in [9.17, 15) is 19.5 Å². The van der Waals surface area contributed by atoms with E-state index in [2.05, 4.69) is 26.6 Å². The van der Waals surface area contributed by atoms with Gasteiger partial charge in [-0.15, -0.1) is 0 Å². The highest BCUT2D eigenvalue weighted by atomic mass is 79.9. The number of likely N-dealkylation sites (tertiary alicyclic amines) is 1. The summed E-state index contributed by atoms with van der Waals surface area (Å²) in [5.41, 5.74) is 0.524. The van der Waals surface area contributed by atoms with Crippen LogP contribution in [-0.2, 0) is 19.1 Å². The smallest absolute Gasteiger partial charge is 0.250 e. The van der Waals surface area contributed by atoms with Gasteiger partial charge in [-0.3, -0.25) is 14.4 Å². The van der Waals surface area contributed by atoms with E-state index in [0.717, 1.165) is 5.56 Å². The molecule has 2 aromatic carbocycles. The highest BCUT2D eigenvalue weighted by molar-refractivity contribution is 9.09. The Morgan fingerprint density at radius 2 is 1.93 bits per heavy atom. The van der Waals surface area contributed by atoms with Gasteiger partial charge in [0.15, 0.2) is 0 Å². The van der Waals surface area contributed by atoms with Crippen LogP contribution in [-0.4, -0.2) is 69.6 Å². The van der Waals surface area contributed by atoms with Gasteiger partial charge in [-0.05, 0) is 62.6 Å². The average molecular weight is 635 g/mol. The van der Waals surface area contributed by atoms with Gasteiger partial charge < -0.3 is 30.1 Å². The Balaban J connectivity index is 1.50. The SMILES string of the molecule is CCOc1ccc(NC(=O)[C@H]2[C@H]3C(=O)N([C@@H](CC)CO)C(C(=O)Nc4c(C)cccc4Cl)C34CC(Br)[C@@H]2O4)cc1. The van der Waals surface area contributed by atoms with Crippen molar-refractivity contribution in [2.75, 3.05) is 23.8 Å². The molecule has 214 valence electrons. The van der Waals surface area contributed by atoms with Gasteiger partial charge in [0.25, 0.3) is 0 Å². The second kappa shape index (κ2) is 11.3. The number of carbonyl (C=O) groups is 3. The van der Waals surface area contributed by atoms with Crippen molar-refractivity contribution < 1.29 is 29.0 Å². The Labute approximate surface area is 246 Å². The topological polar surface area (TPSA) is 117 Å². The van der Waals surface area contributed by atoms with Crippen molar-refractivity contribution in [3.63, 3.8) is 0 Å². The highest BCUT2D eigenvalue weighted by Gasteiger charge is 2.77. The summed E-state index contributed by atoms with van der Waals surface area (Å²) in [7, 11) is 0. The Morgan fingerprint density at radius 1 is 1.20 bits per heavy atom. The van der Waals surface area contributed by atoms with Crippen molar-refractivity contribution in [1.29, 1.82) is 0 Å². The van der Waals surface area contributed by atoms with Crippen molar-refractivity contribution in [2.24, 2.45) is 11.8 Å². The molecule has 11 heteroatoms. The molecule has 1 spiro atoms. The summed E-state index contributed by atoms with van der Waals surface area (Å²) >= 11 is 10.1. The zero-order chi connectivity index (χ0) is 28.8. The average Bonchev–Trinajstić information content (AvgIpc) is 3.52. The number of nitrogens with one attached hydrogen (secondary N) is 2. The number of rotatable bonds is 9. The molecular weight excluding hydrogens is 602 g/mol. The number of halogens is 2. The fourth-order valence-corrected chi connectivity index (χ4v) is 7.69. The van der Waals surface area contributed by atoms with Gasteiger partial charge in [-0.2, -0.15) is 0 Å². The number of hydrogen-bond acceptors (Lipinski definition) is 6. The second-order valence-electron chi connectivity index (χ2n) is 10.5. The molecule has 2 aromatic rings. The van der Waals surface area contributed by atoms with E-state index in [-0.39, 0.29) is 23.2 Å². The molecule has 7 atom stereocenters. The number of anilines is 2. The lowest BCUT2D eigenvalue weighted by Gasteiger charge is -2.36. The maximum absolute atomic E-state index is 14.1. The molecule has 3 saturated heterocycles. The molecule has 2 bridgehead atoms. The van der Waals surface area contributed by atoms with E-state index in [1.54, 1.807) is 36.4 Å². The number of benzene rings is 2. The summed E-state index contributed by atoms with van der Waals surface area (Å²) in [6.45, 7) is 5.76. The largest absolute Gasteiger partial charge is 0.494 e. The fraction of sp³-hybridized carbons (Fsp3) is 0.483. The number of nitrogens with zero attached hydrogens (tertiary/aromatic N) is 1. The first-order valence-electron chi connectivity index (χ1n) is 13.5. The summed E-state index contributed by atoms with van der Waals surface area (Å²) in [6, 6.07) is 10.6. The first-order valence-corrected chi connectivity index (χ1v) is 14.8. The highest BCUT2D eigenvalue weighted by Crippen LogP contribution is 2.60. The van der Waals surface area contributed by atoms with Crippen LogP contribution < -0.4 is 15.4 Å². The van der Waals surface area contributed by atoms with Gasteiger partial charge in [0, 0.05) is 10.5 Å². The van der Waals surface area contributed by atoms with Crippen molar-refractivity contribution in [3.8, 4) is 5.75 Å².